The fourth-order valence-corrected chi connectivity index (χ4v) is 6.12. The SMILES string of the molecule is CC(=O)O[C@H]1C(=O)O[C@@]2(C(=O)O)[C@@H]1CS[C@@H]1[C@H](NC(=O)/C(=N\OCC(=O)O)c3csc(N)n3)C(=O)N12. The number of carbonyl (C=O) groups excluding carboxylic acids is 4. The van der Waals surface area contributed by atoms with Gasteiger partial charge in [0.05, 0.1) is 5.92 Å². The van der Waals surface area contributed by atoms with Crippen molar-refractivity contribution < 1.29 is 53.3 Å². The number of esters is 2. The van der Waals surface area contributed by atoms with E-state index in [0.29, 0.717) is 0 Å². The monoisotopic (exact) mass is 543 g/mol. The molecule has 18 heteroatoms. The van der Waals surface area contributed by atoms with E-state index in [1.807, 2.05) is 0 Å². The van der Waals surface area contributed by atoms with Crippen molar-refractivity contribution >= 4 is 69.6 Å². The van der Waals surface area contributed by atoms with Gasteiger partial charge in [-0.1, -0.05) is 5.16 Å². The van der Waals surface area contributed by atoms with E-state index in [9.17, 15) is 33.9 Å². The van der Waals surface area contributed by atoms with E-state index in [2.05, 4.69) is 20.3 Å². The van der Waals surface area contributed by atoms with Crippen molar-refractivity contribution in [2.75, 3.05) is 18.1 Å². The number of thiazole rings is 1. The number of aliphatic carboxylic acids is 2. The van der Waals surface area contributed by atoms with Gasteiger partial charge < -0.3 is 35.6 Å². The number of hydrogen-bond acceptors (Lipinski definition) is 14. The number of nitrogen functional groups attached to an aromatic ring is 1. The summed E-state index contributed by atoms with van der Waals surface area (Å²) in [7, 11) is 0. The molecule has 5 atom stereocenters. The van der Waals surface area contributed by atoms with E-state index >= 15 is 0 Å². The fourth-order valence-electron chi connectivity index (χ4n) is 3.98. The van der Waals surface area contributed by atoms with Crippen molar-refractivity contribution in [3.8, 4) is 0 Å². The molecular formula is C18H17N5O11S2. The lowest BCUT2D eigenvalue weighted by molar-refractivity contribution is -0.216. The first-order chi connectivity index (χ1) is 17.0. The summed E-state index contributed by atoms with van der Waals surface area (Å²) in [6.45, 7) is 0.185. The maximum absolute atomic E-state index is 13.0. The molecule has 1 aromatic rings. The minimum atomic E-state index is -2.42. The number of rotatable bonds is 8. The first-order valence-electron chi connectivity index (χ1n) is 9.99. The number of anilines is 1. The molecule has 36 heavy (non-hydrogen) atoms. The van der Waals surface area contributed by atoms with Gasteiger partial charge in [0.1, 0.15) is 17.1 Å². The predicted molar refractivity (Wildman–Crippen MR) is 117 cm³/mol. The summed E-state index contributed by atoms with van der Waals surface area (Å²) in [6.07, 6.45) is -1.52. The highest BCUT2D eigenvalue weighted by Gasteiger charge is 2.75. The molecule has 3 aliphatic rings. The van der Waals surface area contributed by atoms with Gasteiger partial charge in [-0.05, 0) is 0 Å². The zero-order valence-corrected chi connectivity index (χ0v) is 19.7. The Hall–Kier alpha value is -3.93. The number of carbonyl (C=O) groups is 6. The van der Waals surface area contributed by atoms with Crippen LogP contribution in [0, 0.1) is 5.92 Å². The van der Waals surface area contributed by atoms with Gasteiger partial charge in [-0.25, -0.2) is 19.4 Å². The van der Waals surface area contributed by atoms with Crippen LogP contribution < -0.4 is 11.1 Å². The largest absolute Gasteiger partial charge is 0.479 e. The lowest BCUT2D eigenvalue weighted by Crippen LogP contribution is -2.81. The van der Waals surface area contributed by atoms with Crippen LogP contribution in [-0.2, 0) is 43.1 Å². The van der Waals surface area contributed by atoms with Crippen LogP contribution in [0.4, 0.5) is 5.13 Å². The van der Waals surface area contributed by atoms with Gasteiger partial charge in [0.2, 0.25) is 12.7 Å². The molecule has 3 fully saturated rings. The fraction of sp³-hybridized carbons (Fsp3) is 0.444. The number of fused-ring (bicyclic) bond motifs is 3. The molecular weight excluding hydrogens is 526 g/mol. The van der Waals surface area contributed by atoms with E-state index in [-0.39, 0.29) is 16.6 Å². The van der Waals surface area contributed by atoms with E-state index in [4.69, 9.17) is 20.3 Å². The van der Waals surface area contributed by atoms with E-state index in [0.717, 1.165) is 34.9 Å². The summed E-state index contributed by atoms with van der Waals surface area (Å²) in [5.41, 5.74) is 2.65. The number of hydrogen-bond donors (Lipinski definition) is 4. The molecule has 3 saturated heterocycles. The summed E-state index contributed by atoms with van der Waals surface area (Å²) in [5.74, 6) is -8.03. The maximum Gasteiger partial charge on any atom is 0.370 e. The van der Waals surface area contributed by atoms with Crippen LogP contribution in [0.25, 0.3) is 0 Å². The quantitative estimate of drug-likeness (QED) is 0.118. The first-order valence-corrected chi connectivity index (χ1v) is 11.9. The number of nitrogens with zero attached hydrogens (tertiary/aromatic N) is 3. The minimum Gasteiger partial charge on any atom is -0.479 e. The van der Waals surface area contributed by atoms with Gasteiger partial charge in [-0.2, -0.15) is 0 Å². The Kier molecular flexibility index (Phi) is 6.48. The molecule has 0 aliphatic carbocycles. The van der Waals surface area contributed by atoms with Crippen LogP contribution in [0.2, 0.25) is 0 Å². The van der Waals surface area contributed by atoms with Crippen LogP contribution in [0.5, 0.6) is 0 Å². The van der Waals surface area contributed by atoms with Crippen molar-refractivity contribution in [1.29, 1.82) is 0 Å². The molecule has 0 spiro atoms. The highest BCUT2D eigenvalue weighted by molar-refractivity contribution is 8.00. The lowest BCUT2D eigenvalue weighted by atomic mass is 9.88. The Labute approximate surface area is 208 Å². The summed E-state index contributed by atoms with van der Waals surface area (Å²) in [6, 6.07) is -1.26. The Morgan fingerprint density at radius 1 is 1.36 bits per heavy atom. The molecule has 4 heterocycles. The maximum atomic E-state index is 13.0. The molecule has 0 aromatic carbocycles. The third kappa shape index (κ3) is 4.06. The van der Waals surface area contributed by atoms with Crippen molar-refractivity contribution in [1.82, 2.24) is 15.2 Å². The number of carboxylic acid groups (broad SMARTS) is 2. The highest BCUT2D eigenvalue weighted by atomic mass is 32.2. The van der Waals surface area contributed by atoms with E-state index < -0.39 is 77.2 Å². The second-order valence-corrected chi connectivity index (χ2v) is 9.66. The highest BCUT2D eigenvalue weighted by Crippen LogP contribution is 2.52. The predicted octanol–water partition coefficient (Wildman–Crippen LogP) is -2.18. The Balaban J connectivity index is 1.56. The lowest BCUT2D eigenvalue weighted by Gasteiger charge is -2.56. The molecule has 3 aliphatic heterocycles. The molecule has 0 unspecified atom stereocenters. The smallest absolute Gasteiger partial charge is 0.370 e. The average molecular weight is 543 g/mol. The van der Waals surface area contributed by atoms with Crippen LogP contribution >= 0.6 is 23.1 Å². The second-order valence-electron chi connectivity index (χ2n) is 7.62. The number of aromatic nitrogens is 1. The first kappa shape index (κ1) is 25.2. The normalized spacial score (nSPS) is 28.8. The standard InChI is InChI=1S/C18H17N5O11S2/c1-5(24)33-11-6-3-35-14-10(13(28)23(14)18(6,16(30)31)34-15(11)29)21-12(27)9(22-32-2-8(25)26)7-4-36-17(19)20-7/h4,6,10-11,14H,2-3H2,1H3,(H2,19,20)(H,21,27)(H,25,26)(H,30,31)/b22-9-/t6-,10-,11-,14-,18-/m1/s1. The molecule has 0 radical (unpaired) electrons. The van der Waals surface area contributed by atoms with E-state index in [1.165, 1.54) is 5.38 Å². The number of amides is 2. The number of nitrogens with two attached hydrogens (primary N) is 1. The molecule has 5 N–H and O–H groups in total. The van der Waals surface area contributed by atoms with Crippen LogP contribution in [0.15, 0.2) is 10.5 Å². The topological polar surface area (TPSA) is 237 Å². The molecule has 0 bridgehead atoms. The molecule has 2 amide bonds. The number of β-lactam (4-membered cyclic amide) rings is 1. The van der Waals surface area contributed by atoms with Crippen LogP contribution in [0.3, 0.4) is 0 Å². The van der Waals surface area contributed by atoms with Gasteiger partial charge >= 0.3 is 23.9 Å². The van der Waals surface area contributed by atoms with Gasteiger partial charge in [0.25, 0.3) is 17.5 Å². The van der Waals surface area contributed by atoms with Crippen molar-refractivity contribution in [2.24, 2.45) is 11.1 Å². The number of oxime groups is 1. The summed E-state index contributed by atoms with van der Waals surface area (Å²) >= 11 is 2.02. The summed E-state index contributed by atoms with van der Waals surface area (Å²) in [5, 5.41) is 25.1. The van der Waals surface area contributed by atoms with Gasteiger partial charge in [-0.15, -0.1) is 23.1 Å². The van der Waals surface area contributed by atoms with Crippen molar-refractivity contribution in [2.45, 2.75) is 30.2 Å². The number of ether oxygens (including phenoxy) is 2. The third-order valence-electron chi connectivity index (χ3n) is 5.41. The summed E-state index contributed by atoms with van der Waals surface area (Å²) in [4.78, 5) is 82.1. The van der Waals surface area contributed by atoms with E-state index in [1.54, 1.807) is 0 Å². The zero-order valence-electron chi connectivity index (χ0n) is 18.1. The molecule has 4 rings (SSSR count). The molecule has 16 nitrogen and oxygen atoms in total. The van der Waals surface area contributed by atoms with Crippen LogP contribution in [-0.4, -0.2) is 97.1 Å². The third-order valence-corrected chi connectivity index (χ3v) is 7.46. The van der Waals surface area contributed by atoms with Crippen molar-refractivity contribution in [3.05, 3.63) is 11.1 Å². The minimum absolute atomic E-state index is 0.0451. The molecule has 1 aromatic heterocycles. The molecule has 192 valence electrons. The Morgan fingerprint density at radius 3 is 2.67 bits per heavy atom. The van der Waals surface area contributed by atoms with Gasteiger partial charge in [0.15, 0.2) is 10.8 Å². The zero-order chi connectivity index (χ0) is 26.4. The average Bonchev–Trinajstić information content (AvgIpc) is 3.34. The Morgan fingerprint density at radius 2 is 2.08 bits per heavy atom. The van der Waals surface area contributed by atoms with Gasteiger partial charge in [-0.3, -0.25) is 19.3 Å². The number of thioether (sulfide) groups is 1. The Bertz CT molecular complexity index is 1200. The second kappa shape index (κ2) is 9.26. The van der Waals surface area contributed by atoms with Gasteiger partial charge in [0, 0.05) is 18.1 Å². The van der Waals surface area contributed by atoms with Crippen LogP contribution in [0.1, 0.15) is 12.6 Å². The molecule has 0 saturated carbocycles. The number of carboxylic acids is 2. The summed E-state index contributed by atoms with van der Waals surface area (Å²) < 4.78 is 10.1. The number of nitrogens with one attached hydrogen (secondary N) is 1. The van der Waals surface area contributed by atoms with Crippen molar-refractivity contribution in [3.63, 3.8) is 0 Å².